The molecule has 0 aliphatic heterocycles. The van der Waals surface area contributed by atoms with E-state index >= 15 is 0 Å². The number of nitrogens with zero attached hydrogens (tertiary/aromatic N) is 1. The monoisotopic (exact) mass is 323 g/mol. The first kappa shape index (κ1) is 19.1. The Labute approximate surface area is 139 Å². The lowest BCUT2D eigenvalue weighted by Crippen LogP contribution is -2.37. The number of hydrogen-bond donors (Lipinski definition) is 2. The third-order valence-corrected chi connectivity index (χ3v) is 3.38. The van der Waals surface area contributed by atoms with Crippen LogP contribution in [0.15, 0.2) is 23.2 Å². The van der Waals surface area contributed by atoms with Gasteiger partial charge in [0.1, 0.15) is 11.5 Å². The SMILES string of the molecule is CCOCCCCNC(=NC)NCc1ccc(OC)cc1OC. The highest BCUT2D eigenvalue weighted by Crippen LogP contribution is 2.24. The molecule has 0 aliphatic rings. The van der Waals surface area contributed by atoms with Crippen LogP contribution < -0.4 is 20.1 Å². The number of guanidine groups is 1. The molecule has 130 valence electrons. The third-order valence-electron chi connectivity index (χ3n) is 3.38. The van der Waals surface area contributed by atoms with Crippen LogP contribution in [0.25, 0.3) is 0 Å². The van der Waals surface area contributed by atoms with Crippen molar-refractivity contribution in [3.63, 3.8) is 0 Å². The number of rotatable bonds is 10. The molecule has 0 saturated heterocycles. The maximum Gasteiger partial charge on any atom is 0.191 e. The first-order valence-electron chi connectivity index (χ1n) is 7.98. The van der Waals surface area contributed by atoms with Crippen molar-refractivity contribution >= 4 is 5.96 Å². The number of methoxy groups -OCH3 is 2. The summed E-state index contributed by atoms with van der Waals surface area (Å²) in [5.41, 5.74) is 1.05. The number of ether oxygens (including phenoxy) is 3. The van der Waals surface area contributed by atoms with Crippen molar-refractivity contribution in [1.82, 2.24) is 10.6 Å². The molecule has 6 heteroatoms. The Kier molecular flexibility index (Phi) is 9.63. The van der Waals surface area contributed by atoms with E-state index in [1.807, 2.05) is 25.1 Å². The lowest BCUT2D eigenvalue weighted by Gasteiger charge is -2.14. The minimum Gasteiger partial charge on any atom is -0.497 e. The zero-order valence-corrected chi connectivity index (χ0v) is 14.6. The van der Waals surface area contributed by atoms with Gasteiger partial charge < -0.3 is 24.8 Å². The van der Waals surface area contributed by atoms with Crippen molar-refractivity contribution in [2.45, 2.75) is 26.3 Å². The fourth-order valence-corrected chi connectivity index (χ4v) is 2.08. The molecule has 0 saturated carbocycles. The summed E-state index contributed by atoms with van der Waals surface area (Å²) in [4.78, 5) is 4.22. The Morgan fingerprint density at radius 3 is 2.61 bits per heavy atom. The Hall–Kier alpha value is -1.95. The molecule has 23 heavy (non-hydrogen) atoms. The minimum absolute atomic E-state index is 0.631. The number of benzene rings is 1. The largest absolute Gasteiger partial charge is 0.497 e. The van der Waals surface area contributed by atoms with Crippen LogP contribution in [-0.4, -0.2) is 47.0 Å². The summed E-state index contributed by atoms with van der Waals surface area (Å²) in [6.45, 7) is 5.10. The van der Waals surface area contributed by atoms with Gasteiger partial charge in [-0.15, -0.1) is 0 Å². The molecule has 0 fully saturated rings. The number of hydrogen-bond acceptors (Lipinski definition) is 4. The fraction of sp³-hybridized carbons (Fsp3) is 0.588. The second kappa shape index (κ2) is 11.6. The molecule has 1 rings (SSSR count). The molecule has 2 N–H and O–H groups in total. The van der Waals surface area contributed by atoms with Gasteiger partial charge >= 0.3 is 0 Å². The van der Waals surface area contributed by atoms with Gasteiger partial charge in [0.25, 0.3) is 0 Å². The minimum atomic E-state index is 0.631. The van der Waals surface area contributed by atoms with Crippen LogP contribution in [0.4, 0.5) is 0 Å². The first-order valence-corrected chi connectivity index (χ1v) is 7.98. The molecular weight excluding hydrogens is 294 g/mol. The van der Waals surface area contributed by atoms with Crippen LogP contribution in [-0.2, 0) is 11.3 Å². The average Bonchev–Trinajstić information content (AvgIpc) is 2.60. The van der Waals surface area contributed by atoms with Crippen molar-refractivity contribution in [1.29, 1.82) is 0 Å². The maximum atomic E-state index is 5.40. The quantitative estimate of drug-likeness (QED) is 0.392. The summed E-state index contributed by atoms with van der Waals surface area (Å²) < 4.78 is 15.9. The van der Waals surface area contributed by atoms with Crippen LogP contribution in [0.1, 0.15) is 25.3 Å². The first-order chi connectivity index (χ1) is 11.2. The molecule has 0 spiro atoms. The molecule has 1 aromatic carbocycles. The Bertz CT molecular complexity index is 478. The number of unbranched alkanes of at least 4 members (excludes halogenated alkanes) is 1. The highest BCUT2D eigenvalue weighted by molar-refractivity contribution is 5.79. The van der Waals surface area contributed by atoms with E-state index in [2.05, 4.69) is 15.6 Å². The van der Waals surface area contributed by atoms with Crippen molar-refractivity contribution < 1.29 is 14.2 Å². The van der Waals surface area contributed by atoms with Gasteiger partial charge in [-0.3, -0.25) is 4.99 Å². The molecule has 0 atom stereocenters. The Morgan fingerprint density at radius 2 is 1.96 bits per heavy atom. The smallest absolute Gasteiger partial charge is 0.191 e. The summed E-state index contributed by atoms with van der Waals surface area (Å²) in [6.07, 6.45) is 2.09. The lowest BCUT2D eigenvalue weighted by atomic mass is 10.2. The van der Waals surface area contributed by atoms with Gasteiger partial charge in [-0.2, -0.15) is 0 Å². The van der Waals surface area contributed by atoms with Gasteiger partial charge in [0.2, 0.25) is 0 Å². The van der Waals surface area contributed by atoms with Crippen LogP contribution >= 0.6 is 0 Å². The molecule has 0 radical (unpaired) electrons. The van der Waals surface area contributed by atoms with Gasteiger partial charge in [0.05, 0.1) is 14.2 Å². The van der Waals surface area contributed by atoms with E-state index in [9.17, 15) is 0 Å². The predicted molar refractivity (Wildman–Crippen MR) is 93.5 cm³/mol. The standard InChI is InChI=1S/C17H29N3O3/c1-5-23-11-7-6-10-19-17(18-2)20-13-14-8-9-15(21-3)12-16(14)22-4/h8-9,12H,5-7,10-11,13H2,1-4H3,(H2,18,19,20). The second-order valence-electron chi connectivity index (χ2n) is 4.93. The molecule has 0 aromatic heterocycles. The molecule has 0 unspecified atom stereocenters. The van der Waals surface area contributed by atoms with Crippen molar-refractivity contribution in [2.24, 2.45) is 4.99 Å². The van der Waals surface area contributed by atoms with E-state index in [0.717, 1.165) is 55.6 Å². The summed E-state index contributed by atoms with van der Waals surface area (Å²) in [5, 5.41) is 6.58. The third kappa shape index (κ3) is 7.23. The molecular formula is C17H29N3O3. The predicted octanol–water partition coefficient (Wildman–Crippen LogP) is 2.19. The Morgan fingerprint density at radius 1 is 1.13 bits per heavy atom. The van der Waals surface area contributed by atoms with Crippen LogP contribution in [0, 0.1) is 0 Å². The molecule has 0 aliphatic carbocycles. The van der Waals surface area contributed by atoms with Crippen molar-refractivity contribution in [2.75, 3.05) is 41.0 Å². The summed E-state index contributed by atoms with van der Waals surface area (Å²) in [7, 11) is 5.06. The highest BCUT2D eigenvalue weighted by atomic mass is 16.5. The van der Waals surface area contributed by atoms with E-state index in [-0.39, 0.29) is 0 Å². The van der Waals surface area contributed by atoms with Crippen molar-refractivity contribution in [3.8, 4) is 11.5 Å². The fourth-order valence-electron chi connectivity index (χ4n) is 2.08. The van der Waals surface area contributed by atoms with Crippen LogP contribution in [0.2, 0.25) is 0 Å². The second-order valence-corrected chi connectivity index (χ2v) is 4.93. The van der Waals surface area contributed by atoms with Gasteiger partial charge in [-0.05, 0) is 31.9 Å². The Balaban J connectivity index is 2.39. The van der Waals surface area contributed by atoms with E-state index in [1.165, 1.54) is 0 Å². The highest BCUT2D eigenvalue weighted by Gasteiger charge is 2.06. The van der Waals surface area contributed by atoms with Gasteiger partial charge in [0.15, 0.2) is 5.96 Å². The van der Waals surface area contributed by atoms with Gasteiger partial charge in [0, 0.05) is 45.0 Å². The van der Waals surface area contributed by atoms with E-state index in [4.69, 9.17) is 14.2 Å². The molecule has 0 bridgehead atoms. The maximum absolute atomic E-state index is 5.40. The van der Waals surface area contributed by atoms with E-state index in [0.29, 0.717) is 6.54 Å². The van der Waals surface area contributed by atoms with Gasteiger partial charge in [-0.1, -0.05) is 0 Å². The van der Waals surface area contributed by atoms with E-state index in [1.54, 1.807) is 21.3 Å². The van der Waals surface area contributed by atoms with Gasteiger partial charge in [-0.25, -0.2) is 0 Å². The average molecular weight is 323 g/mol. The van der Waals surface area contributed by atoms with Crippen molar-refractivity contribution in [3.05, 3.63) is 23.8 Å². The molecule has 6 nitrogen and oxygen atoms in total. The summed E-state index contributed by atoms with van der Waals surface area (Å²) in [6, 6.07) is 5.78. The lowest BCUT2D eigenvalue weighted by molar-refractivity contribution is 0.143. The number of aliphatic imine (C=N–C) groups is 1. The molecule has 0 heterocycles. The summed E-state index contributed by atoms with van der Waals surface area (Å²) in [5.74, 6) is 2.35. The zero-order chi connectivity index (χ0) is 16.9. The molecule has 1 aromatic rings. The number of nitrogens with one attached hydrogen (secondary N) is 2. The topological polar surface area (TPSA) is 64.1 Å². The normalized spacial score (nSPS) is 11.2. The summed E-state index contributed by atoms with van der Waals surface area (Å²) >= 11 is 0. The van der Waals surface area contributed by atoms with E-state index < -0.39 is 0 Å². The zero-order valence-electron chi connectivity index (χ0n) is 14.6. The van der Waals surface area contributed by atoms with Crippen LogP contribution in [0.3, 0.4) is 0 Å². The van der Waals surface area contributed by atoms with Crippen LogP contribution in [0.5, 0.6) is 11.5 Å². The molecule has 0 amide bonds.